The van der Waals surface area contributed by atoms with Crippen LogP contribution in [0.4, 0.5) is 11.4 Å². The second kappa shape index (κ2) is 9.42. The lowest BCUT2D eigenvalue weighted by Crippen LogP contribution is -2.37. The fraction of sp³-hybridized carbons (Fsp3) is 0.542. The minimum absolute atomic E-state index is 0.296. The van der Waals surface area contributed by atoms with Crippen LogP contribution in [0, 0.1) is 5.41 Å². The molecule has 0 bridgehead atoms. The van der Waals surface area contributed by atoms with Gasteiger partial charge in [-0.2, -0.15) is 0 Å². The van der Waals surface area contributed by atoms with E-state index in [4.69, 9.17) is 0 Å². The summed E-state index contributed by atoms with van der Waals surface area (Å²) in [5, 5.41) is 3.53. The number of nitrogens with one attached hydrogen (secondary N) is 1. The van der Waals surface area contributed by atoms with Crippen LogP contribution in [0.2, 0.25) is 0 Å². The molecule has 0 atom stereocenters. The largest absolute Gasteiger partial charge is 0.372 e. The molecule has 152 valence electrons. The smallest absolute Gasteiger partial charge is 0.0604 e. The number of fused-ring (bicyclic) bond motifs is 1. The Morgan fingerprint density at radius 3 is 2.54 bits per heavy atom. The van der Waals surface area contributed by atoms with Crippen molar-refractivity contribution in [1.82, 2.24) is 10.3 Å². The molecule has 0 spiro atoms. The number of aromatic nitrogens is 1. The van der Waals surface area contributed by atoms with Gasteiger partial charge in [0, 0.05) is 45.6 Å². The molecule has 4 nitrogen and oxygen atoms in total. The van der Waals surface area contributed by atoms with E-state index in [-0.39, 0.29) is 0 Å². The zero-order valence-electron chi connectivity index (χ0n) is 18.0. The van der Waals surface area contributed by atoms with E-state index in [1.807, 2.05) is 12.4 Å². The number of benzene rings is 1. The van der Waals surface area contributed by atoms with E-state index >= 15 is 0 Å². The average molecular weight is 381 g/mol. The molecule has 1 aromatic carbocycles. The van der Waals surface area contributed by atoms with Crippen molar-refractivity contribution < 1.29 is 0 Å². The Morgan fingerprint density at radius 2 is 1.79 bits per heavy atom. The summed E-state index contributed by atoms with van der Waals surface area (Å²) in [5.74, 6) is 0. The molecule has 0 radical (unpaired) electrons. The van der Waals surface area contributed by atoms with Gasteiger partial charge in [0.25, 0.3) is 0 Å². The van der Waals surface area contributed by atoms with Crippen molar-refractivity contribution in [1.29, 1.82) is 0 Å². The van der Waals surface area contributed by atoms with Crippen LogP contribution >= 0.6 is 0 Å². The highest BCUT2D eigenvalue weighted by molar-refractivity contribution is 5.73. The molecule has 0 amide bonds. The van der Waals surface area contributed by atoms with Gasteiger partial charge in [-0.15, -0.1) is 0 Å². The molecule has 3 rings (SSSR count). The van der Waals surface area contributed by atoms with Gasteiger partial charge < -0.3 is 15.1 Å². The van der Waals surface area contributed by atoms with Crippen LogP contribution in [0.15, 0.2) is 42.7 Å². The van der Waals surface area contributed by atoms with Gasteiger partial charge in [0.05, 0.1) is 11.4 Å². The zero-order valence-corrected chi connectivity index (χ0v) is 18.0. The van der Waals surface area contributed by atoms with Crippen molar-refractivity contribution in [2.45, 2.75) is 46.6 Å². The fourth-order valence-electron chi connectivity index (χ4n) is 4.27. The van der Waals surface area contributed by atoms with Crippen LogP contribution in [-0.4, -0.2) is 38.2 Å². The molecule has 0 unspecified atom stereocenters. The molecule has 0 fully saturated rings. The van der Waals surface area contributed by atoms with Gasteiger partial charge in [-0.25, -0.2) is 0 Å². The Hall–Kier alpha value is -2.07. The maximum atomic E-state index is 4.06. The van der Waals surface area contributed by atoms with E-state index in [2.05, 4.69) is 78.3 Å². The second-order valence-corrected chi connectivity index (χ2v) is 8.85. The summed E-state index contributed by atoms with van der Waals surface area (Å²) in [7, 11) is 2.24. The third kappa shape index (κ3) is 5.48. The number of nitrogens with zero attached hydrogens (tertiary/aromatic N) is 3. The molecule has 2 aromatic rings. The topological polar surface area (TPSA) is 31.4 Å². The Kier molecular flexibility index (Phi) is 6.95. The molecular formula is C24H36N4. The molecule has 1 aliphatic rings. The summed E-state index contributed by atoms with van der Waals surface area (Å²) in [5.41, 5.74) is 5.83. The van der Waals surface area contributed by atoms with Crippen molar-refractivity contribution >= 4 is 11.4 Å². The predicted molar refractivity (Wildman–Crippen MR) is 120 cm³/mol. The highest BCUT2D eigenvalue weighted by Crippen LogP contribution is 2.37. The highest BCUT2D eigenvalue weighted by Gasteiger charge is 2.29. The first-order valence-corrected chi connectivity index (χ1v) is 10.7. The van der Waals surface area contributed by atoms with Gasteiger partial charge in [0.15, 0.2) is 0 Å². The van der Waals surface area contributed by atoms with Crippen LogP contribution in [-0.2, 0) is 13.0 Å². The average Bonchev–Trinajstić information content (AvgIpc) is 2.78. The summed E-state index contributed by atoms with van der Waals surface area (Å²) in [6.07, 6.45) is 7.27. The van der Waals surface area contributed by atoms with E-state index < -0.39 is 0 Å². The molecule has 0 saturated carbocycles. The Bertz CT molecular complexity index is 742. The maximum absolute atomic E-state index is 4.06. The van der Waals surface area contributed by atoms with Crippen LogP contribution in [0.5, 0.6) is 0 Å². The second-order valence-electron chi connectivity index (χ2n) is 8.85. The Morgan fingerprint density at radius 1 is 1.00 bits per heavy atom. The lowest BCUT2D eigenvalue weighted by Gasteiger charge is -2.30. The quantitative estimate of drug-likeness (QED) is 0.684. The first kappa shape index (κ1) is 20.7. The minimum atomic E-state index is 0.296. The number of rotatable bonds is 8. The van der Waals surface area contributed by atoms with Crippen molar-refractivity contribution in [3.05, 3.63) is 53.9 Å². The van der Waals surface area contributed by atoms with Gasteiger partial charge in [-0.05, 0) is 73.5 Å². The lowest BCUT2D eigenvalue weighted by molar-refractivity contribution is 0.380. The van der Waals surface area contributed by atoms with Gasteiger partial charge >= 0.3 is 0 Å². The summed E-state index contributed by atoms with van der Waals surface area (Å²) < 4.78 is 0. The number of unbranched alkanes of at least 4 members (excludes halogenated alkanes) is 1. The molecule has 0 saturated heterocycles. The molecule has 28 heavy (non-hydrogen) atoms. The number of aryl methyl sites for hydroxylation is 1. The highest BCUT2D eigenvalue weighted by atomic mass is 15.2. The van der Waals surface area contributed by atoms with E-state index in [9.17, 15) is 0 Å². The number of pyridine rings is 1. The normalized spacial score (nSPS) is 16.0. The molecular weight excluding hydrogens is 344 g/mol. The number of hydrogen-bond acceptors (Lipinski definition) is 4. The van der Waals surface area contributed by atoms with Crippen molar-refractivity contribution in [2.24, 2.45) is 5.41 Å². The maximum Gasteiger partial charge on any atom is 0.0604 e. The van der Waals surface area contributed by atoms with E-state index in [1.165, 1.54) is 35.3 Å². The third-order valence-corrected chi connectivity index (χ3v) is 5.61. The monoisotopic (exact) mass is 380 g/mol. The standard InChI is InChI=1S/C24H36N4/c1-5-28-19-24(2,3)18-27(4)23-16-20(9-10-22(23)28)8-6-7-13-26-17-21-11-14-25-15-12-21/h9-12,14-16,26H,5-8,13,17-19H2,1-4H3. The summed E-state index contributed by atoms with van der Waals surface area (Å²) >= 11 is 0. The van der Waals surface area contributed by atoms with Gasteiger partial charge in [0.2, 0.25) is 0 Å². The van der Waals surface area contributed by atoms with Gasteiger partial charge in [0.1, 0.15) is 0 Å². The summed E-state index contributed by atoms with van der Waals surface area (Å²) in [6.45, 7) is 12.3. The number of anilines is 2. The van der Waals surface area contributed by atoms with Gasteiger partial charge in [-0.3, -0.25) is 4.98 Å². The van der Waals surface area contributed by atoms with Crippen molar-refractivity contribution in [3.8, 4) is 0 Å². The van der Waals surface area contributed by atoms with Crippen molar-refractivity contribution in [2.75, 3.05) is 43.0 Å². The molecule has 0 aliphatic carbocycles. The van der Waals surface area contributed by atoms with E-state index in [0.717, 1.165) is 39.1 Å². The summed E-state index contributed by atoms with van der Waals surface area (Å²) in [4.78, 5) is 9.04. The number of hydrogen-bond donors (Lipinski definition) is 1. The first-order valence-electron chi connectivity index (χ1n) is 10.7. The van der Waals surface area contributed by atoms with Crippen LogP contribution in [0.25, 0.3) is 0 Å². The molecule has 1 aromatic heterocycles. The Labute approximate surface area is 171 Å². The van der Waals surface area contributed by atoms with Gasteiger partial charge in [-0.1, -0.05) is 19.9 Å². The fourth-order valence-corrected chi connectivity index (χ4v) is 4.27. The van der Waals surface area contributed by atoms with Crippen LogP contribution in [0.3, 0.4) is 0 Å². The van der Waals surface area contributed by atoms with E-state index in [0.29, 0.717) is 5.41 Å². The Balaban J connectivity index is 1.52. The summed E-state index contributed by atoms with van der Waals surface area (Å²) in [6, 6.07) is 11.2. The molecule has 2 heterocycles. The third-order valence-electron chi connectivity index (χ3n) is 5.61. The predicted octanol–water partition coefficient (Wildman–Crippen LogP) is 4.50. The van der Waals surface area contributed by atoms with E-state index in [1.54, 1.807) is 0 Å². The molecule has 1 aliphatic heterocycles. The zero-order chi connectivity index (χ0) is 20.0. The minimum Gasteiger partial charge on any atom is -0.372 e. The van der Waals surface area contributed by atoms with Crippen molar-refractivity contribution in [3.63, 3.8) is 0 Å². The van der Waals surface area contributed by atoms with Crippen LogP contribution in [0.1, 0.15) is 44.7 Å². The molecule has 4 heteroatoms. The molecule has 1 N–H and O–H groups in total. The lowest BCUT2D eigenvalue weighted by atomic mass is 9.92. The van der Waals surface area contributed by atoms with Crippen LogP contribution < -0.4 is 15.1 Å². The SMILES string of the molecule is CCN1CC(C)(C)CN(C)c2cc(CCCCNCc3ccncc3)ccc21. The first-order chi connectivity index (χ1) is 13.5.